The Kier molecular flexibility index (Phi) is 5.88. The second-order valence-electron chi connectivity index (χ2n) is 7.23. The number of benzene rings is 2. The van der Waals surface area contributed by atoms with Crippen molar-refractivity contribution in [1.29, 1.82) is 0 Å². The molecule has 0 spiro atoms. The van der Waals surface area contributed by atoms with Gasteiger partial charge in [-0.05, 0) is 48.5 Å². The summed E-state index contributed by atoms with van der Waals surface area (Å²) in [5.41, 5.74) is 2.22. The number of nitrogens with one attached hydrogen (secondary N) is 1. The summed E-state index contributed by atoms with van der Waals surface area (Å²) in [6.45, 7) is 0.568. The number of hydrogen-bond donors (Lipinski definition) is 1. The fourth-order valence-corrected chi connectivity index (χ4v) is 3.50. The van der Waals surface area contributed by atoms with Crippen molar-refractivity contribution in [1.82, 2.24) is 10.5 Å². The van der Waals surface area contributed by atoms with Crippen LogP contribution in [-0.4, -0.2) is 37.7 Å². The zero-order valence-corrected chi connectivity index (χ0v) is 17.3. The lowest BCUT2D eigenvalue weighted by atomic mass is 10.1. The van der Waals surface area contributed by atoms with Crippen LogP contribution in [0.1, 0.15) is 12.1 Å². The molecule has 0 saturated carbocycles. The molecule has 2 heterocycles. The van der Waals surface area contributed by atoms with E-state index in [1.807, 2.05) is 36.4 Å². The Balaban J connectivity index is 1.33. The first-order valence-electron chi connectivity index (χ1n) is 9.89. The quantitative estimate of drug-likeness (QED) is 0.630. The molecule has 0 radical (unpaired) electrons. The topological polar surface area (TPSA) is 93.9 Å². The third-order valence-corrected chi connectivity index (χ3v) is 5.26. The molecule has 3 aromatic rings. The summed E-state index contributed by atoms with van der Waals surface area (Å²) in [6, 6.07) is 16.4. The van der Waals surface area contributed by atoms with Gasteiger partial charge in [0.05, 0.1) is 26.7 Å². The Morgan fingerprint density at radius 1 is 1.10 bits per heavy atom. The lowest BCUT2D eigenvalue weighted by Crippen LogP contribution is -2.32. The number of methoxy groups -OCH3 is 2. The minimum atomic E-state index is -0.414. The zero-order valence-electron chi connectivity index (χ0n) is 17.3. The van der Waals surface area contributed by atoms with Crippen LogP contribution < -0.4 is 19.7 Å². The molecule has 1 atom stereocenters. The Morgan fingerprint density at radius 2 is 1.74 bits per heavy atom. The SMILES string of the molecule is COc1ccc(-c2cc(CNC(=O)C3CC(=O)N(c4ccc(OC)cc4)C3)no2)cc1. The summed E-state index contributed by atoms with van der Waals surface area (Å²) in [5, 5.41) is 6.87. The van der Waals surface area contributed by atoms with Crippen LogP contribution in [0.25, 0.3) is 11.3 Å². The standard InChI is InChI=1S/C23H23N3O5/c1-29-19-7-3-15(4-8-19)21-12-17(25-31-21)13-24-23(28)16-11-22(27)26(14-16)18-5-9-20(30-2)10-6-18/h3-10,12,16H,11,13-14H2,1-2H3,(H,24,28). The van der Waals surface area contributed by atoms with Crippen LogP contribution in [0.3, 0.4) is 0 Å². The average molecular weight is 421 g/mol. The number of rotatable bonds is 7. The summed E-state index contributed by atoms with van der Waals surface area (Å²) in [7, 11) is 3.20. The first kappa shape index (κ1) is 20.5. The fourth-order valence-electron chi connectivity index (χ4n) is 3.50. The minimum Gasteiger partial charge on any atom is -0.497 e. The van der Waals surface area contributed by atoms with Crippen molar-refractivity contribution in [2.75, 3.05) is 25.7 Å². The van der Waals surface area contributed by atoms with Gasteiger partial charge in [0, 0.05) is 30.3 Å². The van der Waals surface area contributed by atoms with Crippen molar-refractivity contribution in [3.05, 3.63) is 60.3 Å². The number of nitrogens with zero attached hydrogens (tertiary/aromatic N) is 2. The predicted molar refractivity (Wildman–Crippen MR) is 114 cm³/mol. The molecule has 160 valence electrons. The van der Waals surface area contributed by atoms with E-state index in [2.05, 4.69) is 10.5 Å². The van der Waals surface area contributed by atoms with E-state index in [0.717, 1.165) is 17.0 Å². The number of carbonyl (C=O) groups is 2. The summed E-state index contributed by atoms with van der Waals surface area (Å²) in [5.74, 6) is 1.40. The number of ether oxygens (including phenoxy) is 2. The van der Waals surface area contributed by atoms with Crippen LogP contribution in [0.15, 0.2) is 59.1 Å². The second-order valence-corrected chi connectivity index (χ2v) is 7.23. The van der Waals surface area contributed by atoms with Gasteiger partial charge in [0.1, 0.15) is 17.2 Å². The van der Waals surface area contributed by atoms with Gasteiger partial charge in [0.2, 0.25) is 11.8 Å². The predicted octanol–water partition coefficient (Wildman–Crippen LogP) is 3.03. The molecular formula is C23H23N3O5. The summed E-state index contributed by atoms with van der Waals surface area (Å²) >= 11 is 0. The number of anilines is 1. The van der Waals surface area contributed by atoms with Gasteiger partial charge in [-0.2, -0.15) is 0 Å². The molecule has 31 heavy (non-hydrogen) atoms. The average Bonchev–Trinajstić information content (AvgIpc) is 3.44. The zero-order chi connectivity index (χ0) is 21.8. The molecule has 8 nitrogen and oxygen atoms in total. The molecule has 4 rings (SSSR count). The summed E-state index contributed by atoms with van der Waals surface area (Å²) in [6.07, 6.45) is 0.174. The molecule has 1 N–H and O–H groups in total. The fraction of sp³-hybridized carbons (Fsp3) is 0.261. The Bertz CT molecular complexity index is 1060. The normalized spacial score (nSPS) is 15.7. The lowest BCUT2D eigenvalue weighted by molar-refractivity contribution is -0.126. The number of carbonyl (C=O) groups excluding carboxylic acids is 2. The maximum atomic E-state index is 12.6. The van der Waals surface area contributed by atoms with Gasteiger partial charge in [-0.25, -0.2) is 0 Å². The van der Waals surface area contributed by atoms with Crippen molar-refractivity contribution in [3.63, 3.8) is 0 Å². The minimum absolute atomic E-state index is 0.0754. The van der Waals surface area contributed by atoms with Crippen LogP contribution in [-0.2, 0) is 16.1 Å². The first-order chi connectivity index (χ1) is 15.1. The molecule has 0 aliphatic carbocycles. The van der Waals surface area contributed by atoms with Crippen molar-refractivity contribution < 1.29 is 23.6 Å². The van der Waals surface area contributed by atoms with Gasteiger partial charge in [-0.3, -0.25) is 9.59 Å². The molecule has 2 amide bonds. The van der Waals surface area contributed by atoms with Gasteiger partial charge in [-0.1, -0.05) is 5.16 Å². The molecule has 1 aromatic heterocycles. The Hall–Kier alpha value is -3.81. The van der Waals surface area contributed by atoms with Crippen molar-refractivity contribution >= 4 is 17.5 Å². The molecule has 8 heteroatoms. The van der Waals surface area contributed by atoms with E-state index in [-0.39, 0.29) is 24.8 Å². The highest BCUT2D eigenvalue weighted by Gasteiger charge is 2.35. The molecule has 1 aliphatic heterocycles. The highest BCUT2D eigenvalue weighted by atomic mass is 16.5. The first-order valence-corrected chi connectivity index (χ1v) is 9.89. The van der Waals surface area contributed by atoms with Crippen LogP contribution in [0.2, 0.25) is 0 Å². The molecule has 0 bridgehead atoms. The number of aromatic nitrogens is 1. The Morgan fingerprint density at radius 3 is 2.39 bits per heavy atom. The van der Waals surface area contributed by atoms with Gasteiger partial charge >= 0.3 is 0 Å². The maximum Gasteiger partial charge on any atom is 0.227 e. The monoisotopic (exact) mass is 421 g/mol. The highest BCUT2D eigenvalue weighted by molar-refractivity contribution is 6.00. The van der Waals surface area contributed by atoms with Crippen molar-refractivity contribution in [3.8, 4) is 22.8 Å². The van der Waals surface area contributed by atoms with E-state index in [1.165, 1.54) is 0 Å². The third kappa shape index (κ3) is 4.53. The van der Waals surface area contributed by atoms with E-state index < -0.39 is 5.92 Å². The van der Waals surface area contributed by atoms with E-state index in [4.69, 9.17) is 14.0 Å². The number of hydrogen-bond acceptors (Lipinski definition) is 6. The van der Waals surface area contributed by atoms with E-state index in [0.29, 0.717) is 23.7 Å². The van der Waals surface area contributed by atoms with E-state index in [1.54, 1.807) is 37.3 Å². The van der Waals surface area contributed by atoms with E-state index in [9.17, 15) is 9.59 Å². The molecule has 1 saturated heterocycles. The second kappa shape index (κ2) is 8.91. The lowest BCUT2D eigenvalue weighted by Gasteiger charge is -2.17. The molecular weight excluding hydrogens is 398 g/mol. The van der Waals surface area contributed by atoms with E-state index >= 15 is 0 Å². The molecule has 1 unspecified atom stereocenters. The summed E-state index contributed by atoms with van der Waals surface area (Å²) in [4.78, 5) is 26.6. The highest BCUT2D eigenvalue weighted by Crippen LogP contribution is 2.27. The Labute approximate surface area is 179 Å². The van der Waals surface area contributed by atoms with Crippen LogP contribution in [0.4, 0.5) is 5.69 Å². The summed E-state index contributed by atoms with van der Waals surface area (Å²) < 4.78 is 15.7. The molecule has 1 aliphatic rings. The maximum absolute atomic E-state index is 12.6. The van der Waals surface area contributed by atoms with Crippen LogP contribution >= 0.6 is 0 Å². The molecule has 2 aromatic carbocycles. The largest absolute Gasteiger partial charge is 0.497 e. The van der Waals surface area contributed by atoms with Gasteiger partial charge in [0.25, 0.3) is 0 Å². The van der Waals surface area contributed by atoms with Crippen molar-refractivity contribution in [2.45, 2.75) is 13.0 Å². The van der Waals surface area contributed by atoms with Gasteiger partial charge < -0.3 is 24.2 Å². The van der Waals surface area contributed by atoms with Crippen molar-refractivity contribution in [2.24, 2.45) is 5.92 Å². The molecule has 1 fully saturated rings. The van der Waals surface area contributed by atoms with Crippen LogP contribution in [0, 0.1) is 5.92 Å². The smallest absolute Gasteiger partial charge is 0.227 e. The van der Waals surface area contributed by atoms with Gasteiger partial charge in [0.15, 0.2) is 5.76 Å². The third-order valence-electron chi connectivity index (χ3n) is 5.26. The van der Waals surface area contributed by atoms with Gasteiger partial charge in [-0.15, -0.1) is 0 Å². The van der Waals surface area contributed by atoms with Crippen LogP contribution in [0.5, 0.6) is 11.5 Å². The number of amides is 2.